The molecule has 2 heterocycles. The molecule has 0 aliphatic carbocycles. The molecule has 186 valence electrons. The van der Waals surface area contributed by atoms with Crippen molar-refractivity contribution in [2.75, 3.05) is 0 Å². The molecule has 0 radical (unpaired) electrons. The van der Waals surface area contributed by atoms with Crippen LogP contribution in [0.4, 0.5) is 0 Å². The lowest BCUT2D eigenvalue weighted by Crippen LogP contribution is -2.17. The van der Waals surface area contributed by atoms with Gasteiger partial charge in [-0.2, -0.15) is 0 Å². The quantitative estimate of drug-likeness (QED) is 0.151. The molecular formula is C25H24Cl6N4. The Hall–Kier alpha value is -1.01. The molecule has 0 amide bonds. The lowest BCUT2D eigenvalue weighted by molar-refractivity contribution is 0.571. The summed E-state index contributed by atoms with van der Waals surface area (Å²) < 4.78 is -1.52. The lowest BCUT2D eigenvalue weighted by Gasteiger charge is -2.16. The number of unbranched alkanes of at least 4 members (excludes halogenated alkanes) is 5. The number of aryl methyl sites for hydroxylation is 1. The Bertz CT molecular complexity index is 1290. The molecule has 0 unspecified atom stereocenters. The van der Waals surface area contributed by atoms with Crippen molar-refractivity contribution in [3.63, 3.8) is 0 Å². The van der Waals surface area contributed by atoms with E-state index in [-0.39, 0.29) is 17.5 Å². The Morgan fingerprint density at radius 2 is 1.29 bits per heavy atom. The molecule has 0 spiro atoms. The molecule has 2 aromatic heterocycles. The average molecular weight is 593 g/mol. The highest BCUT2D eigenvalue weighted by atomic mass is 35.6. The number of rotatable bonds is 8. The van der Waals surface area contributed by atoms with Crippen LogP contribution in [-0.4, -0.2) is 19.5 Å². The first-order valence-corrected chi connectivity index (χ1v) is 13.8. The van der Waals surface area contributed by atoms with Gasteiger partial charge in [-0.1, -0.05) is 139 Å². The molecule has 4 nitrogen and oxygen atoms in total. The molecular weight excluding hydrogens is 569 g/mol. The summed E-state index contributed by atoms with van der Waals surface area (Å²) in [5, 5.41) is 2.22. The highest BCUT2D eigenvalue weighted by molar-refractivity contribution is 6.67. The van der Waals surface area contributed by atoms with E-state index in [1.807, 2.05) is 24.3 Å². The molecule has 0 N–H and O–H groups in total. The van der Waals surface area contributed by atoms with Crippen molar-refractivity contribution in [2.24, 2.45) is 0 Å². The number of alkyl halides is 6. The zero-order valence-electron chi connectivity index (χ0n) is 19.0. The van der Waals surface area contributed by atoms with Gasteiger partial charge in [0.2, 0.25) is 7.59 Å². The Kier molecular flexibility index (Phi) is 8.62. The molecule has 0 aliphatic rings. The van der Waals surface area contributed by atoms with Crippen molar-refractivity contribution in [2.45, 2.75) is 59.6 Å². The second kappa shape index (κ2) is 11.2. The van der Waals surface area contributed by atoms with Crippen molar-refractivity contribution < 1.29 is 0 Å². The fourth-order valence-corrected chi connectivity index (χ4v) is 4.83. The van der Waals surface area contributed by atoms with Crippen LogP contribution in [0.3, 0.4) is 0 Å². The van der Waals surface area contributed by atoms with E-state index in [4.69, 9.17) is 69.6 Å². The highest BCUT2D eigenvalue weighted by Crippen LogP contribution is 2.42. The van der Waals surface area contributed by atoms with Crippen LogP contribution >= 0.6 is 69.6 Å². The summed E-state index contributed by atoms with van der Waals surface area (Å²) in [5.74, 6) is 0.0640. The van der Waals surface area contributed by atoms with E-state index in [0.717, 1.165) is 46.8 Å². The van der Waals surface area contributed by atoms with Crippen LogP contribution in [0.5, 0.6) is 0 Å². The van der Waals surface area contributed by atoms with Gasteiger partial charge in [0, 0.05) is 28.4 Å². The van der Waals surface area contributed by atoms with E-state index < -0.39 is 7.59 Å². The SMILES string of the molecule is CCCCCCCCn1c2ccccc2c2cccc(-c3nc(C(Cl)(Cl)Cl)nc(C(Cl)(Cl)Cl)n3)c21. The monoisotopic (exact) mass is 590 g/mol. The Labute approximate surface area is 234 Å². The van der Waals surface area contributed by atoms with Gasteiger partial charge >= 0.3 is 0 Å². The number of benzene rings is 2. The second-order valence-electron chi connectivity index (χ2n) is 8.44. The van der Waals surface area contributed by atoms with E-state index in [1.165, 1.54) is 25.7 Å². The molecule has 35 heavy (non-hydrogen) atoms. The summed E-state index contributed by atoms with van der Waals surface area (Å²) in [7, 11) is 0. The van der Waals surface area contributed by atoms with Crippen molar-refractivity contribution in [3.8, 4) is 11.4 Å². The third-order valence-corrected chi connectivity index (χ3v) is 6.92. The summed E-state index contributed by atoms with van der Waals surface area (Å²) in [5.41, 5.74) is 2.87. The summed E-state index contributed by atoms with van der Waals surface area (Å²) in [6.07, 6.45) is 7.22. The first kappa shape index (κ1) is 27.0. The summed E-state index contributed by atoms with van der Waals surface area (Å²) in [4.78, 5) is 13.1. The van der Waals surface area contributed by atoms with Crippen LogP contribution in [0.15, 0.2) is 42.5 Å². The van der Waals surface area contributed by atoms with Crippen molar-refractivity contribution in [1.82, 2.24) is 19.5 Å². The van der Waals surface area contributed by atoms with E-state index in [2.05, 4.69) is 44.6 Å². The van der Waals surface area contributed by atoms with Gasteiger partial charge in [-0.05, 0) is 18.6 Å². The molecule has 0 atom stereocenters. The maximum Gasteiger partial charge on any atom is 0.250 e. The van der Waals surface area contributed by atoms with Crippen LogP contribution in [0.25, 0.3) is 33.2 Å². The molecule has 0 fully saturated rings. The van der Waals surface area contributed by atoms with Gasteiger partial charge in [0.1, 0.15) is 0 Å². The normalized spacial score (nSPS) is 12.7. The number of hydrogen-bond donors (Lipinski definition) is 0. The van der Waals surface area contributed by atoms with E-state index in [9.17, 15) is 0 Å². The number of para-hydroxylation sites is 2. The maximum absolute atomic E-state index is 6.12. The fourth-order valence-electron chi connectivity index (χ4n) is 4.32. The van der Waals surface area contributed by atoms with E-state index >= 15 is 0 Å². The highest BCUT2D eigenvalue weighted by Gasteiger charge is 2.34. The van der Waals surface area contributed by atoms with Crippen molar-refractivity contribution in [3.05, 3.63) is 54.1 Å². The van der Waals surface area contributed by atoms with Gasteiger partial charge < -0.3 is 4.57 Å². The predicted octanol–water partition coefficient (Wildman–Crippen LogP) is 9.66. The molecule has 10 heteroatoms. The van der Waals surface area contributed by atoms with Crippen LogP contribution in [0, 0.1) is 0 Å². The Morgan fingerprint density at radius 1 is 0.686 bits per heavy atom. The van der Waals surface area contributed by atoms with E-state index in [0.29, 0.717) is 0 Å². The molecule has 0 bridgehead atoms. The third kappa shape index (κ3) is 6.11. The molecule has 4 rings (SSSR count). The minimum Gasteiger partial charge on any atom is -0.340 e. The van der Waals surface area contributed by atoms with Gasteiger partial charge in [-0.15, -0.1) is 0 Å². The fraction of sp³-hybridized carbons (Fsp3) is 0.400. The zero-order valence-corrected chi connectivity index (χ0v) is 23.6. The minimum atomic E-state index is -1.92. The zero-order chi connectivity index (χ0) is 25.2. The van der Waals surface area contributed by atoms with Crippen LogP contribution < -0.4 is 0 Å². The van der Waals surface area contributed by atoms with Gasteiger partial charge in [-0.3, -0.25) is 0 Å². The topological polar surface area (TPSA) is 43.6 Å². The average Bonchev–Trinajstić information content (AvgIpc) is 3.14. The minimum absolute atomic E-state index is 0.107. The smallest absolute Gasteiger partial charge is 0.250 e. The first-order valence-electron chi connectivity index (χ1n) is 11.5. The molecule has 2 aromatic carbocycles. The van der Waals surface area contributed by atoms with Gasteiger partial charge in [-0.25, -0.2) is 15.0 Å². The largest absolute Gasteiger partial charge is 0.340 e. The Balaban J connectivity index is 1.88. The number of hydrogen-bond acceptors (Lipinski definition) is 3. The Morgan fingerprint density at radius 3 is 1.94 bits per heavy atom. The van der Waals surface area contributed by atoms with Crippen molar-refractivity contribution >= 4 is 91.4 Å². The third-order valence-electron chi connectivity index (χ3n) is 5.91. The molecule has 0 aliphatic heterocycles. The number of nitrogens with zero attached hydrogens (tertiary/aromatic N) is 4. The van der Waals surface area contributed by atoms with Crippen LogP contribution in [0.1, 0.15) is 57.1 Å². The summed E-state index contributed by atoms with van der Waals surface area (Å²) in [6, 6.07) is 14.3. The van der Waals surface area contributed by atoms with E-state index in [1.54, 1.807) is 0 Å². The number of aromatic nitrogens is 4. The number of fused-ring (bicyclic) bond motifs is 3. The lowest BCUT2D eigenvalue weighted by atomic mass is 10.1. The van der Waals surface area contributed by atoms with Gasteiger partial charge in [0.15, 0.2) is 17.5 Å². The van der Waals surface area contributed by atoms with Crippen LogP contribution in [-0.2, 0) is 14.1 Å². The van der Waals surface area contributed by atoms with Gasteiger partial charge in [0.05, 0.1) is 5.52 Å². The summed E-state index contributed by atoms with van der Waals surface area (Å²) in [6.45, 7) is 3.08. The predicted molar refractivity (Wildman–Crippen MR) is 150 cm³/mol. The molecule has 0 saturated heterocycles. The second-order valence-corrected chi connectivity index (χ2v) is 13.0. The van der Waals surface area contributed by atoms with Crippen LogP contribution in [0.2, 0.25) is 0 Å². The molecule has 4 aromatic rings. The van der Waals surface area contributed by atoms with Gasteiger partial charge in [0.25, 0.3) is 0 Å². The standard InChI is InChI=1S/C25H24Cl6N4/c1-2-3-4-5-6-9-15-35-19-14-8-7-11-16(19)17-12-10-13-18(20(17)35)21-32-22(24(26,27)28)34-23(33-21)25(29,30)31/h7-8,10-14H,2-6,9,15H2,1H3. The summed E-state index contributed by atoms with van der Waals surface area (Å²) >= 11 is 36.7. The molecule has 0 saturated carbocycles. The first-order chi connectivity index (χ1) is 16.6. The number of halogens is 6. The van der Waals surface area contributed by atoms with Crippen molar-refractivity contribution in [1.29, 1.82) is 0 Å². The maximum atomic E-state index is 6.12.